The van der Waals surface area contributed by atoms with Crippen molar-refractivity contribution in [2.24, 2.45) is 5.92 Å². The van der Waals surface area contributed by atoms with Gasteiger partial charge in [0.15, 0.2) is 23.3 Å². The normalized spacial score (nSPS) is 18.0. The van der Waals surface area contributed by atoms with Gasteiger partial charge in [-0.15, -0.1) is 0 Å². The highest BCUT2D eigenvalue weighted by atomic mass is 19.2. The van der Waals surface area contributed by atoms with E-state index in [1.807, 2.05) is 26.0 Å². The van der Waals surface area contributed by atoms with Crippen molar-refractivity contribution in [1.82, 2.24) is 0 Å². The van der Waals surface area contributed by atoms with Gasteiger partial charge in [0.05, 0.1) is 12.7 Å². The first kappa shape index (κ1) is 27.1. The summed E-state index contributed by atoms with van der Waals surface area (Å²) in [6, 6.07) is 9.40. The lowest BCUT2D eigenvalue weighted by molar-refractivity contribution is 0.00856. The average molecular weight is 515 g/mol. The first-order valence-corrected chi connectivity index (χ1v) is 12.8. The fourth-order valence-corrected chi connectivity index (χ4v) is 4.94. The number of halogens is 5. The molecule has 0 aromatic heterocycles. The van der Waals surface area contributed by atoms with Crippen LogP contribution in [-0.4, -0.2) is 12.7 Å². The van der Waals surface area contributed by atoms with Crippen molar-refractivity contribution in [3.8, 4) is 22.3 Å². The van der Waals surface area contributed by atoms with E-state index in [-0.39, 0.29) is 39.8 Å². The van der Waals surface area contributed by atoms with Crippen LogP contribution < -0.4 is 0 Å². The van der Waals surface area contributed by atoms with E-state index in [0.717, 1.165) is 25.3 Å². The van der Waals surface area contributed by atoms with Gasteiger partial charge in [-0.25, -0.2) is 22.0 Å². The minimum atomic E-state index is -1.31. The lowest BCUT2D eigenvalue weighted by Gasteiger charge is -2.27. The lowest BCUT2D eigenvalue weighted by atomic mass is 9.91. The van der Waals surface area contributed by atoms with Gasteiger partial charge in [0.2, 0.25) is 0 Å². The number of rotatable bonds is 8. The van der Waals surface area contributed by atoms with E-state index >= 15 is 8.78 Å². The zero-order valence-corrected chi connectivity index (χ0v) is 21.1. The molecule has 1 aliphatic rings. The van der Waals surface area contributed by atoms with Crippen LogP contribution in [0.4, 0.5) is 22.0 Å². The second kappa shape index (κ2) is 12.0. The number of aryl methyl sites for hydroxylation is 2. The maximum absolute atomic E-state index is 15.0. The Labute approximate surface area is 215 Å². The summed E-state index contributed by atoms with van der Waals surface area (Å²) in [7, 11) is 0. The second-order valence-corrected chi connectivity index (χ2v) is 9.62. The summed E-state index contributed by atoms with van der Waals surface area (Å²) in [5.41, 5.74) is -0.0304. The lowest BCUT2D eigenvalue weighted by Crippen LogP contribution is -2.24. The number of hydrogen-bond donors (Lipinski definition) is 0. The molecule has 196 valence electrons. The van der Waals surface area contributed by atoms with Crippen molar-refractivity contribution >= 4 is 0 Å². The van der Waals surface area contributed by atoms with E-state index in [1.165, 1.54) is 30.3 Å². The first-order chi connectivity index (χ1) is 17.8. The van der Waals surface area contributed by atoms with E-state index in [9.17, 15) is 13.2 Å². The van der Waals surface area contributed by atoms with E-state index < -0.39 is 29.1 Å². The van der Waals surface area contributed by atoms with Crippen molar-refractivity contribution in [1.29, 1.82) is 0 Å². The van der Waals surface area contributed by atoms with E-state index in [4.69, 9.17) is 4.74 Å². The maximum Gasteiger partial charge on any atom is 0.167 e. The van der Waals surface area contributed by atoms with Crippen LogP contribution in [0.25, 0.3) is 22.3 Å². The standard InChI is InChI=1S/C31H31F5O/c1-3-5-20-10-11-22(17-27(20)32)24-15-16-26(31(36)29(24)34)25-14-12-21(28(33)30(25)35)9-7-19-8-13-23(6-4-2)37-18-19/h4,6,10-12,14-17,19,23H,3,5,7-9,13,18H2,1-2H3/b6-4+. The Balaban J connectivity index is 1.52. The topological polar surface area (TPSA) is 9.23 Å². The minimum Gasteiger partial charge on any atom is -0.374 e. The molecule has 3 aromatic carbocycles. The second-order valence-electron chi connectivity index (χ2n) is 9.62. The molecule has 2 unspecified atom stereocenters. The number of benzene rings is 3. The predicted molar refractivity (Wildman–Crippen MR) is 137 cm³/mol. The molecule has 1 saturated heterocycles. The largest absolute Gasteiger partial charge is 0.374 e. The maximum atomic E-state index is 15.0. The molecule has 2 atom stereocenters. The summed E-state index contributed by atoms with van der Waals surface area (Å²) < 4.78 is 80.1. The minimum absolute atomic E-state index is 0.107. The zero-order chi connectivity index (χ0) is 26.5. The smallest absolute Gasteiger partial charge is 0.167 e. The van der Waals surface area contributed by atoms with Crippen LogP contribution in [0, 0.1) is 35.0 Å². The van der Waals surface area contributed by atoms with Crippen LogP contribution in [0.5, 0.6) is 0 Å². The Hall–Kier alpha value is -2.99. The molecule has 0 spiro atoms. The van der Waals surface area contributed by atoms with Crippen LogP contribution in [0.1, 0.15) is 50.7 Å². The van der Waals surface area contributed by atoms with Crippen molar-refractivity contribution in [3.05, 3.63) is 94.8 Å². The quantitative estimate of drug-likeness (QED) is 0.215. The van der Waals surface area contributed by atoms with Crippen molar-refractivity contribution < 1.29 is 26.7 Å². The molecule has 0 bridgehead atoms. The van der Waals surface area contributed by atoms with Gasteiger partial charge in [-0.05, 0) is 67.7 Å². The molecule has 4 rings (SSSR count). The average Bonchev–Trinajstić information content (AvgIpc) is 2.89. The molecule has 0 radical (unpaired) electrons. The van der Waals surface area contributed by atoms with Gasteiger partial charge in [0, 0.05) is 16.7 Å². The van der Waals surface area contributed by atoms with Crippen LogP contribution in [0.3, 0.4) is 0 Å². The molecule has 0 saturated carbocycles. The fraction of sp³-hybridized carbons (Fsp3) is 0.355. The third-order valence-corrected chi connectivity index (χ3v) is 7.05. The van der Waals surface area contributed by atoms with E-state index in [2.05, 4.69) is 0 Å². The van der Waals surface area contributed by atoms with Gasteiger partial charge in [0.25, 0.3) is 0 Å². The van der Waals surface area contributed by atoms with Gasteiger partial charge >= 0.3 is 0 Å². The summed E-state index contributed by atoms with van der Waals surface area (Å²) in [6.07, 6.45) is 8.16. The molecular formula is C31H31F5O. The fourth-order valence-electron chi connectivity index (χ4n) is 4.94. The summed E-state index contributed by atoms with van der Waals surface area (Å²) in [5.74, 6) is -5.06. The molecule has 6 heteroatoms. The summed E-state index contributed by atoms with van der Waals surface area (Å²) in [4.78, 5) is 0. The Bertz CT molecular complexity index is 1280. The number of allylic oxidation sites excluding steroid dienone is 1. The molecule has 1 nitrogen and oxygen atoms in total. The van der Waals surface area contributed by atoms with Crippen LogP contribution in [-0.2, 0) is 17.6 Å². The highest BCUT2D eigenvalue weighted by molar-refractivity contribution is 5.72. The Morgan fingerprint density at radius 2 is 1.43 bits per heavy atom. The Morgan fingerprint density at radius 3 is 2.08 bits per heavy atom. The van der Waals surface area contributed by atoms with Crippen molar-refractivity contribution in [2.45, 2.75) is 58.5 Å². The third-order valence-electron chi connectivity index (χ3n) is 7.05. The number of ether oxygens (including phenoxy) is 1. The molecule has 1 aliphatic heterocycles. The predicted octanol–water partition coefficient (Wildman–Crippen LogP) is 8.97. The summed E-state index contributed by atoms with van der Waals surface area (Å²) in [5, 5.41) is 0. The van der Waals surface area contributed by atoms with Crippen molar-refractivity contribution in [3.63, 3.8) is 0 Å². The van der Waals surface area contributed by atoms with Crippen LogP contribution in [0.15, 0.2) is 54.6 Å². The van der Waals surface area contributed by atoms with Gasteiger partial charge in [-0.1, -0.05) is 61.9 Å². The monoisotopic (exact) mass is 514 g/mol. The molecule has 0 amide bonds. The highest BCUT2D eigenvalue weighted by Crippen LogP contribution is 2.35. The van der Waals surface area contributed by atoms with Gasteiger partial charge in [-0.3, -0.25) is 0 Å². The molecule has 1 heterocycles. The Morgan fingerprint density at radius 1 is 0.784 bits per heavy atom. The molecule has 0 aliphatic carbocycles. The molecular weight excluding hydrogens is 483 g/mol. The highest BCUT2D eigenvalue weighted by Gasteiger charge is 2.23. The molecule has 3 aromatic rings. The van der Waals surface area contributed by atoms with Gasteiger partial charge in [0.1, 0.15) is 5.82 Å². The van der Waals surface area contributed by atoms with Crippen LogP contribution >= 0.6 is 0 Å². The van der Waals surface area contributed by atoms with Crippen molar-refractivity contribution in [2.75, 3.05) is 6.61 Å². The van der Waals surface area contributed by atoms with E-state index in [1.54, 1.807) is 6.07 Å². The Kier molecular flexibility index (Phi) is 8.80. The first-order valence-electron chi connectivity index (χ1n) is 12.8. The summed E-state index contributed by atoms with van der Waals surface area (Å²) in [6.45, 7) is 4.43. The molecule has 0 N–H and O–H groups in total. The zero-order valence-electron chi connectivity index (χ0n) is 21.1. The number of hydrogen-bond acceptors (Lipinski definition) is 1. The molecule has 1 fully saturated rings. The summed E-state index contributed by atoms with van der Waals surface area (Å²) >= 11 is 0. The van der Waals surface area contributed by atoms with E-state index in [0.29, 0.717) is 31.4 Å². The van der Waals surface area contributed by atoms with Gasteiger partial charge < -0.3 is 4.74 Å². The van der Waals surface area contributed by atoms with Gasteiger partial charge in [-0.2, -0.15) is 0 Å². The molecule has 37 heavy (non-hydrogen) atoms. The van der Waals surface area contributed by atoms with Crippen LogP contribution in [0.2, 0.25) is 0 Å². The SMILES string of the molecule is C/C=C/C1CCC(CCc2ccc(-c3ccc(-c4ccc(CCC)c(F)c4)c(F)c3F)c(F)c2F)CO1. The third kappa shape index (κ3) is 5.96.